The summed E-state index contributed by atoms with van der Waals surface area (Å²) in [4.78, 5) is 2.24. The van der Waals surface area contributed by atoms with Gasteiger partial charge in [-0.05, 0) is 38.1 Å². The van der Waals surface area contributed by atoms with E-state index in [4.69, 9.17) is 15.7 Å². The Balaban J connectivity index is 2.86. The lowest BCUT2D eigenvalue weighted by atomic mass is 10.1. The molecule has 0 bridgehead atoms. The first kappa shape index (κ1) is 14.3. The first-order valence-corrected chi connectivity index (χ1v) is 5.93. The van der Waals surface area contributed by atoms with Crippen LogP contribution in [-0.4, -0.2) is 37.3 Å². The van der Waals surface area contributed by atoms with E-state index in [0.717, 1.165) is 12.2 Å². The summed E-state index contributed by atoms with van der Waals surface area (Å²) in [7, 11) is 1.69. The molecule has 0 amide bonds. The van der Waals surface area contributed by atoms with Crippen molar-refractivity contribution in [3.8, 4) is 0 Å². The largest absolute Gasteiger partial charge is 0.409 e. The van der Waals surface area contributed by atoms with Gasteiger partial charge in [0, 0.05) is 30.9 Å². The van der Waals surface area contributed by atoms with Gasteiger partial charge >= 0.3 is 0 Å². The smallest absolute Gasteiger partial charge is 0.170 e. The monoisotopic (exact) mass is 251 g/mol. The van der Waals surface area contributed by atoms with E-state index in [1.807, 2.05) is 24.3 Å². The molecule has 0 atom stereocenters. The quantitative estimate of drug-likeness (QED) is 0.349. The normalized spacial score (nSPS) is 11.9. The zero-order valence-corrected chi connectivity index (χ0v) is 11.1. The summed E-state index contributed by atoms with van der Waals surface area (Å²) in [5.74, 6) is 0.120. The average molecular weight is 251 g/mol. The van der Waals surface area contributed by atoms with E-state index in [-0.39, 0.29) is 5.84 Å². The number of anilines is 1. The zero-order chi connectivity index (χ0) is 13.5. The van der Waals surface area contributed by atoms with E-state index in [9.17, 15) is 0 Å². The maximum absolute atomic E-state index is 8.61. The number of rotatable bonds is 6. The fourth-order valence-electron chi connectivity index (χ4n) is 1.76. The molecule has 1 aromatic carbocycles. The van der Waals surface area contributed by atoms with Gasteiger partial charge < -0.3 is 20.6 Å². The topological polar surface area (TPSA) is 71.1 Å². The van der Waals surface area contributed by atoms with Crippen molar-refractivity contribution in [2.45, 2.75) is 19.9 Å². The van der Waals surface area contributed by atoms with E-state index < -0.39 is 0 Å². The molecule has 1 aromatic rings. The lowest BCUT2D eigenvalue weighted by molar-refractivity contribution is 0.204. The lowest BCUT2D eigenvalue weighted by Gasteiger charge is -2.28. The zero-order valence-electron chi connectivity index (χ0n) is 11.1. The Morgan fingerprint density at radius 1 is 1.39 bits per heavy atom. The van der Waals surface area contributed by atoms with Gasteiger partial charge in [-0.1, -0.05) is 5.16 Å². The van der Waals surface area contributed by atoms with Crippen molar-refractivity contribution in [3.05, 3.63) is 29.8 Å². The third-order valence-corrected chi connectivity index (χ3v) is 2.76. The molecule has 5 heteroatoms. The third kappa shape index (κ3) is 3.63. The molecule has 100 valence electrons. The fraction of sp³-hybridized carbons (Fsp3) is 0.462. The van der Waals surface area contributed by atoms with Gasteiger partial charge in [-0.15, -0.1) is 0 Å². The second-order valence-electron chi connectivity index (χ2n) is 4.31. The van der Waals surface area contributed by atoms with Gasteiger partial charge in [0.2, 0.25) is 0 Å². The maximum atomic E-state index is 8.61. The summed E-state index contributed by atoms with van der Waals surface area (Å²) < 4.78 is 5.11. The number of hydrogen-bond donors (Lipinski definition) is 2. The van der Waals surface area contributed by atoms with Crippen molar-refractivity contribution >= 4 is 11.5 Å². The van der Waals surface area contributed by atoms with Gasteiger partial charge in [0.1, 0.15) is 0 Å². The molecule has 0 spiro atoms. The first-order valence-electron chi connectivity index (χ1n) is 5.93. The van der Waals surface area contributed by atoms with E-state index in [1.54, 1.807) is 7.11 Å². The molecule has 0 fully saturated rings. The van der Waals surface area contributed by atoms with Crippen LogP contribution >= 0.6 is 0 Å². The van der Waals surface area contributed by atoms with E-state index >= 15 is 0 Å². The van der Waals surface area contributed by atoms with Gasteiger partial charge in [0.25, 0.3) is 0 Å². The number of benzene rings is 1. The summed E-state index contributed by atoms with van der Waals surface area (Å²) in [6.45, 7) is 5.78. The van der Waals surface area contributed by atoms with Gasteiger partial charge in [0.05, 0.1) is 6.61 Å². The molecule has 1 rings (SSSR count). The Bertz CT molecular complexity index is 388. The van der Waals surface area contributed by atoms with Crippen LogP contribution in [0, 0.1) is 0 Å². The van der Waals surface area contributed by atoms with E-state index in [0.29, 0.717) is 18.2 Å². The Labute approximate surface area is 108 Å². The molecule has 0 aliphatic carbocycles. The number of nitrogens with two attached hydrogens (primary N) is 1. The Hall–Kier alpha value is -1.75. The van der Waals surface area contributed by atoms with Crippen molar-refractivity contribution < 1.29 is 9.94 Å². The molecule has 0 saturated carbocycles. The van der Waals surface area contributed by atoms with Gasteiger partial charge in [-0.25, -0.2) is 0 Å². The summed E-state index contributed by atoms with van der Waals surface area (Å²) in [5, 5.41) is 11.6. The molecule has 3 N–H and O–H groups in total. The van der Waals surface area contributed by atoms with Crippen LogP contribution in [0.4, 0.5) is 5.69 Å². The van der Waals surface area contributed by atoms with E-state index in [2.05, 4.69) is 23.9 Å². The summed E-state index contributed by atoms with van der Waals surface area (Å²) in [6, 6.07) is 7.99. The average Bonchev–Trinajstić information content (AvgIpc) is 2.38. The molecule has 0 radical (unpaired) electrons. The molecule has 0 aromatic heterocycles. The van der Waals surface area contributed by atoms with Crippen LogP contribution in [0.5, 0.6) is 0 Å². The Morgan fingerprint density at radius 3 is 2.44 bits per heavy atom. The van der Waals surface area contributed by atoms with Crippen molar-refractivity contribution in [2.24, 2.45) is 10.9 Å². The lowest BCUT2D eigenvalue weighted by Crippen LogP contribution is -2.33. The molecule has 18 heavy (non-hydrogen) atoms. The molecule has 0 unspecified atom stereocenters. The van der Waals surface area contributed by atoms with Crippen molar-refractivity contribution in [1.29, 1.82) is 0 Å². The number of oxime groups is 1. The van der Waals surface area contributed by atoms with Crippen LogP contribution in [0.2, 0.25) is 0 Å². The minimum Gasteiger partial charge on any atom is -0.409 e. The fourth-order valence-corrected chi connectivity index (χ4v) is 1.76. The summed E-state index contributed by atoms with van der Waals surface area (Å²) in [6.07, 6.45) is 0. The molecule has 0 aliphatic heterocycles. The second-order valence-corrected chi connectivity index (χ2v) is 4.31. The minimum atomic E-state index is 0.120. The maximum Gasteiger partial charge on any atom is 0.170 e. The van der Waals surface area contributed by atoms with Crippen LogP contribution in [0.3, 0.4) is 0 Å². The number of amidine groups is 1. The predicted octanol–water partition coefficient (Wildman–Crippen LogP) is 1.64. The van der Waals surface area contributed by atoms with Crippen molar-refractivity contribution in [3.63, 3.8) is 0 Å². The number of ether oxygens (including phenoxy) is 1. The molecular weight excluding hydrogens is 230 g/mol. The standard InChI is InChI=1S/C13H21N3O2/c1-10(2)16(8-9-18-3)12-6-4-11(5-7-12)13(14)15-17/h4-7,10,17H,8-9H2,1-3H3,(H2,14,15). The van der Waals surface area contributed by atoms with Crippen molar-refractivity contribution in [2.75, 3.05) is 25.2 Å². The van der Waals surface area contributed by atoms with Gasteiger partial charge in [0.15, 0.2) is 5.84 Å². The highest BCUT2D eigenvalue weighted by atomic mass is 16.5. The number of methoxy groups -OCH3 is 1. The molecule has 0 saturated heterocycles. The molecule has 5 nitrogen and oxygen atoms in total. The van der Waals surface area contributed by atoms with Crippen LogP contribution < -0.4 is 10.6 Å². The number of nitrogens with zero attached hydrogens (tertiary/aromatic N) is 2. The molecule has 0 aliphatic rings. The SMILES string of the molecule is COCCN(c1ccc(/C(N)=N/O)cc1)C(C)C. The highest BCUT2D eigenvalue weighted by molar-refractivity contribution is 5.97. The van der Waals surface area contributed by atoms with E-state index in [1.165, 1.54) is 0 Å². The minimum absolute atomic E-state index is 0.120. The van der Waals surface area contributed by atoms with Crippen LogP contribution in [0.15, 0.2) is 29.4 Å². The highest BCUT2D eigenvalue weighted by Crippen LogP contribution is 2.17. The van der Waals surface area contributed by atoms with Crippen LogP contribution in [0.25, 0.3) is 0 Å². The predicted molar refractivity (Wildman–Crippen MR) is 73.3 cm³/mol. The third-order valence-electron chi connectivity index (χ3n) is 2.76. The first-order chi connectivity index (χ1) is 8.60. The second kappa shape index (κ2) is 6.86. The van der Waals surface area contributed by atoms with Gasteiger partial charge in [-0.2, -0.15) is 0 Å². The Kier molecular flexibility index (Phi) is 5.45. The molecular formula is C13H21N3O2. The summed E-state index contributed by atoms with van der Waals surface area (Å²) in [5.41, 5.74) is 7.33. The summed E-state index contributed by atoms with van der Waals surface area (Å²) >= 11 is 0. The van der Waals surface area contributed by atoms with Gasteiger partial charge in [-0.3, -0.25) is 0 Å². The Morgan fingerprint density at radius 2 is 2.00 bits per heavy atom. The van der Waals surface area contributed by atoms with Crippen LogP contribution in [0.1, 0.15) is 19.4 Å². The number of hydrogen-bond acceptors (Lipinski definition) is 4. The molecule has 0 heterocycles. The van der Waals surface area contributed by atoms with Crippen molar-refractivity contribution in [1.82, 2.24) is 0 Å². The highest BCUT2D eigenvalue weighted by Gasteiger charge is 2.10. The van der Waals surface area contributed by atoms with Crippen LogP contribution in [-0.2, 0) is 4.74 Å².